The molecule has 5 nitrogen and oxygen atoms in total. The second-order valence-electron chi connectivity index (χ2n) is 8.31. The number of aryl methyl sites for hydroxylation is 1. The van der Waals surface area contributed by atoms with E-state index in [0.717, 1.165) is 22.9 Å². The van der Waals surface area contributed by atoms with Crippen LogP contribution in [0.1, 0.15) is 12.0 Å². The summed E-state index contributed by atoms with van der Waals surface area (Å²) >= 11 is 0. The van der Waals surface area contributed by atoms with Crippen LogP contribution in [-0.2, 0) is 9.59 Å². The molecule has 2 amide bonds. The van der Waals surface area contributed by atoms with Gasteiger partial charge in [0.1, 0.15) is 0 Å². The first kappa shape index (κ1) is 16.6. The van der Waals surface area contributed by atoms with Crippen LogP contribution in [0.5, 0.6) is 0 Å². The average Bonchev–Trinajstić information content (AvgIpc) is 3.42. The zero-order chi connectivity index (χ0) is 19.7. The van der Waals surface area contributed by atoms with Gasteiger partial charge in [-0.15, -0.1) is 0 Å². The number of hydrogen-bond donors (Lipinski definition) is 0. The van der Waals surface area contributed by atoms with E-state index in [1.54, 1.807) is 0 Å². The molecule has 2 aliphatic carbocycles. The lowest BCUT2D eigenvalue weighted by Gasteiger charge is -2.17. The van der Waals surface area contributed by atoms with E-state index < -0.39 is 0 Å². The molecule has 1 unspecified atom stereocenters. The third kappa shape index (κ3) is 2.33. The Labute approximate surface area is 168 Å². The second-order valence-corrected chi connectivity index (χ2v) is 8.31. The molecule has 0 N–H and O–H groups in total. The van der Waals surface area contributed by atoms with Crippen molar-refractivity contribution in [1.29, 1.82) is 0 Å². The van der Waals surface area contributed by atoms with Crippen LogP contribution < -0.4 is 4.90 Å². The van der Waals surface area contributed by atoms with E-state index in [9.17, 15) is 9.59 Å². The van der Waals surface area contributed by atoms with Crippen LogP contribution >= 0.6 is 0 Å². The van der Waals surface area contributed by atoms with Gasteiger partial charge in [0.25, 0.3) is 0 Å². The average molecular weight is 381 g/mol. The van der Waals surface area contributed by atoms with Gasteiger partial charge in [0.15, 0.2) is 5.82 Å². The lowest BCUT2D eigenvalue weighted by molar-refractivity contribution is -0.123. The van der Waals surface area contributed by atoms with E-state index in [-0.39, 0.29) is 35.5 Å². The first-order chi connectivity index (χ1) is 14.1. The predicted octanol–water partition coefficient (Wildman–Crippen LogP) is 3.92. The van der Waals surface area contributed by atoms with Crippen molar-refractivity contribution in [1.82, 2.24) is 9.97 Å². The normalized spacial score (nSPS) is 27.3. The number of aromatic nitrogens is 2. The molecular weight excluding hydrogens is 362 g/mol. The number of carbonyl (C=O) groups is 2. The number of anilines is 1. The molecule has 2 aromatic carbocycles. The van der Waals surface area contributed by atoms with Crippen LogP contribution in [0.2, 0.25) is 0 Å². The van der Waals surface area contributed by atoms with Crippen molar-refractivity contribution in [3.63, 3.8) is 0 Å². The summed E-state index contributed by atoms with van der Waals surface area (Å²) in [4.78, 5) is 36.4. The fraction of sp³-hybridized carbons (Fsp3) is 0.250. The largest absolute Gasteiger partial charge is 0.274 e. The van der Waals surface area contributed by atoms with Crippen LogP contribution in [0.4, 0.5) is 5.69 Å². The molecule has 3 aromatic rings. The van der Waals surface area contributed by atoms with Crippen molar-refractivity contribution < 1.29 is 9.59 Å². The van der Waals surface area contributed by atoms with Crippen molar-refractivity contribution in [2.24, 2.45) is 23.7 Å². The molecule has 1 saturated heterocycles. The molecule has 142 valence electrons. The van der Waals surface area contributed by atoms with Crippen molar-refractivity contribution in [3.05, 3.63) is 66.4 Å². The number of fused-ring (bicyclic) bond motifs is 6. The van der Waals surface area contributed by atoms with E-state index in [1.807, 2.05) is 49.5 Å². The van der Waals surface area contributed by atoms with Crippen LogP contribution in [0.25, 0.3) is 22.3 Å². The summed E-state index contributed by atoms with van der Waals surface area (Å²) in [5, 5.41) is 1.01. The Morgan fingerprint density at radius 1 is 0.931 bits per heavy atom. The van der Waals surface area contributed by atoms with Crippen molar-refractivity contribution >= 4 is 28.4 Å². The molecule has 2 heterocycles. The Hall–Kier alpha value is -3.34. The number of allylic oxidation sites excluding steroid dienone is 2. The first-order valence-electron chi connectivity index (χ1n) is 10.0. The molecule has 1 aromatic heterocycles. The minimum Gasteiger partial charge on any atom is -0.274 e. The van der Waals surface area contributed by atoms with Gasteiger partial charge in [-0.05, 0) is 61.6 Å². The molecule has 0 radical (unpaired) electrons. The van der Waals surface area contributed by atoms with Gasteiger partial charge < -0.3 is 0 Å². The molecule has 4 atom stereocenters. The Morgan fingerprint density at radius 3 is 2.31 bits per heavy atom. The maximum absolute atomic E-state index is 13.0. The maximum Gasteiger partial charge on any atom is 0.238 e. The van der Waals surface area contributed by atoms with E-state index in [1.165, 1.54) is 10.5 Å². The fourth-order valence-electron chi connectivity index (χ4n) is 5.21. The van der Waals surface area contributed by atoms with E-state index >= 15 is 0 Å². The van der Waals surface area contributed by atoms with Gasteiger partial charge in [-0.3, -0.25) is 14.5 Å². The monoisotopic (exact) mass is 381 g/mol. The Bertz CT molecular complexity index is 1180. The highest BCUT2D eigenvalue weighted by atomic mass is 16.2. The Balaban J connectivity index is 1.32. The van der Waals surface area contributed by atoms with Gasteiger partial charge in [0.2, 0.25) is 11.8 Å². The third-order valence-electron chi connectivity index (χ3n) is 6.59. The zero-order valence-electron chi connectivity index (χ0n) is 15.9. The van der Waals surface area contributed by atoms with Crippen molar-refractivity contribution in [3.8, 4) is 11.4 Å². The fourth-order valence-corrected chi connectivity index (χ4v) is 5.21. The highest BCUT2D eigenvalue weighted by Crippen LogP contribution is 2.53. The molecule has 3 aliphatic rings. The molecule has 0 spiro atoms. The minimum absolute atomic E-state index is 0.0538. The van der Waals surface area contributed by atoms with Gasteiger partial charge >= 0.3 is 0 Å². The van der Waals surface area contributed by atoms with Crippen molar-refractivity contribution in [2.75, 3.05) is 4.90 Å². The predicted molar refractivity (Wildman–Crippen MR) is 110 cm³/mol. The number of benzene rings is 2. The van der Waals surface area contributed by atoms with Gasteiger partial charge in [-0.2, -0.15) is 0 Å². The smallest absolute Gasteiger partial charge is 0.238 e. The topological polar surface area (TPSA) is 63.2 Å². The number of imide groups is 1. The molecule has 2 bridgehead atoms. The van der Waals surface area contributed by atoms with Gasteiger partial charge in [0, 0.05) is 17.1 Å². The van der Waals surface area contributed by atoms with Crippen LogP contribution in [0.15, 0.2) is 60.8 Å². The van der Waals surface area contributed by atoms with E-state index in [4.69, 9.17) is 0 Å². The summed E-state index contributed by atoms with van der Waals surface area (Å²) in [5.41, 5.74) is 3.56. The quantitative estimate of drug-likeness (QED) is 0.499. The lowest BCUT2D eigenvalue weighted by Crippen LogP contribution is -2.32. The van der Waals surface area contributed by atoms with E-state index in [2.05, 4.69) is 28.2 Å². The summed E-state index contributed by atoms with van der Waals surface area (Å²) in [6, 6.07) is 13.5. The summed E-state index contributed by atoms with van der Waals surface area (Å²) < 4.78 is 0. The minimum atomic E-state index is -0.176. The molecule has 5 heteroatoms. The van der Waals surface area contributed by atoms with Crippen molar-refractivity contribution in [2.45, 2.75) is 13.3 Å². The summed E-state index contributed by atoms with van der Waals surface area (Å²) in [7, 11) is 0. The molecule has 6 rings (SSSR count). The third-order valence-corrected chi connectivity index (χ3v) is 6.59. The molecule has 2 fully saturated rings. The van der Waals surface area contributed by atoms with Crippen LogP contribution in [-0.4, -0.2) is 21.8 Å². The first-order valence-corrected chi connectivity index (χ1v) is 10.0. The highest BCUT2D eigenvalue weighted by molar-refractivity contribution is 6.22. The molecule has 1 saturated carbocycles. The Morgan fingerprint density at radius 2 is 1.62 bits per heavy atom. The van der Waals surface area contributed by atoms with Gasteiger partial charge in [-0.1, -0.05) is 23.8 Å². The summed E-state index contributed by atoms with van der Waals surface area (Å²) in [6.45, 7) is 2.04. The van der Waals surface area contributed by atoms with Gasteiger partial charge in [-0.25, -0.2) is 9.97 Å². The lowest BCUT2D eigenvalue weighted by atomic mass is 9.85. The summed E-state index contributed by atoms with van der Waals surface area (Å²) in [5.74, 6) is 0.615. The number of rotatable bonds is 2. The number of hydrogen-bond acceptors (Lipinski definition) is 4. The summed E-state index contributed by atoms with van der Waals surface area (Å²) in [6.07, 6.45) is 7.00. The van der Waals surface area contributed by atoms with E-state index in [0.29, 0.717) is 11.5 Å². The number of amides is 2. The molecule has 1 aliphatic heterocycles. The van der Waals surface area contributed by atoms with Crippen LogP contribution in [0.3, 0.4) is 0 Å². The zero-order valence-corrected chi connectivity index (χ0v) is 15.9. The second kappa shape index (κ2) is 5.83. The highest BCUT2D eigenvalue weighted by Gasteiger charge is 2.59. The number of nitrogens with zero attached hydrogens (tertiary/aromatic N) is 3. The standard InChI is InChI=1S/C24H19N3O2/c1-13-2-9-19-17(10-13)12-25-22(26-19)14-5-7-18(8-6-14)27-23(28)20-15-3-4-16(11-15)21(20)24(27)29/h2-10,12,15-16,20-21H,11H2,1H3/t15-,16?,20-,21+/m1/s1. The maximum atomic E-state index is 13.0. The van der Waals surface area contributed by atoms with Crippen LogP contribution in [0, 0.1) is 30.6 Å². The van der Waals surface area contributed by atoms with Gasteiger partial charge in [0.05, 0.1) is 23.0 Å². The number of carbonyl (C=O) groups excluding carboxylic acids is 2. The SMILES string of the molecule is Cc1ccc2nc(-c3ccc(N4C(=O)[C@@H]5[C@@H]6C=CC(C6)[C@@H]5C4=O)cc3)ncc2c1. The molecule has 29 heavy (non-hydrogen) atoms. The molecular formula is C24H19N3O2. The Kier molecular flexibility index (Phi) is 3.34.